The average Bonchev–Trinajstić information content (AvgIpc) is 2.13. The summed E-state index contributed by atoms with van der Waals surface area (Å²) in [7, 11) is 0. The van der Waals surface area contributed by atoms with E-state index in [9.17, 15) is 30.7 Å². The highest BCUT2D eigenvalue weighted by Gasteiger charge is 2.54. The maximum atomic E-state index is 13.1. The first-order valence-corrected chi connectivity index (χ1v) is 5.21. The van der Waals surface area contributed by atoms with Crippen LogP contribution >= 0.6 is 11.8 Å². The summed E-state index contributed by atoms with van der Waals surface area (Å²) in [6.07, 6.45) is -11.6. The van der Waals surface area contributed by atoms with E-state index >= 15 is 0 Å². The molecule has 100 valence electrons. The third kappa shape index (κ3) is 3.94. The smallest absolute Gasteiger partial charge is 0.198 e. The topological polar surface area (TPSA) is 0 Å². The van der Waals surface area contributed by atoms with Crippen LogP contribution in [-0.2, 0) is 0 Å². The molecule has 0 atom stereocenters. The summed E-state index contributed by atoms with van der Waals surface area (Å²) in [4.78, 5) is -0.0546. The Hall–Kier alpha value is -1.18. The summed E-state index contributed by atoms with van der Waals surface area (Å²) >= 11 is -0.222. The van der Waals surface area contributed by atoms with E-state index in [1.54, 1.807) is 0 Å². The lowest BCUT2D eigenvalue weighted by Crippen LogP contribution is -2.27. The lowest BCUT2D eigenvalue weighted by Gasteiger charge is -2.15. The van der Waals surface area contributed by atoms with Crippen molar-refractivity contribution in [3.63, 3.8) is 0 Å². The van der Waals surface area contributed by atoms with E-state index in [2.05, 4.69) is 0 Å². The van der Waals surface area contributed by atoms with Crippen LogP contribution in [0.5, 0.6) is 0 Å². The molecule has 0 unspecified atom stereocenters. The molecule has 0 fully saturated rings. The zero-order valence-electron chi connectivity index (χ0n) is 8.44. The Kier molecular flexibility index (Phi) is 4.31. The number of thioether (sulfide) groups is 1. The number of hydrogen-bond donors (Lipinski definition) is 0. The van der Waals surface area contributed by atoms with E-state index in [0.717, 1.165) is 0 Å². The normalized spacial score (nSPS) is 12.4. The van der Waals surface area contributed by atoms with Crippen LogP contribution in [0, 0.1) is 0 Å². The van der Waals surface area contributed by atoms with E-state index in [-0.39, 0.29) is 16.7 Å². The monoisotopic (exact) mass is 290 g/mol. The highest BCUT2D eigenvalue weighted by molar-refractivity contribution is 8.02. The highest BCUT2D eigenvalue weighted by Crippen LogP contribution is 2.45. The van der Waals surface area contributed by atoms with E-state index in [4.69, 9.17) is 0 Å². The van der Waals surface area contributed by atoms with Gasteiger partial charge in [0.15, 0.2) is 10.7 Å². The Morgan fingerprint density at radius 2 is 1.28 bits per heavy atom. The number of benzene rings is 1. The fourth-order valence-corrected chi connectivity index (χ4v) is 1.86. The summed E-state index contributed by atoms with van der Waals surface area (Å²) in [6, 6.07) is 6.65. The van der Waals surface area contributed by atoms with Gasteiger partial charge in [0.2, 0.25) is 0 Å². The molecule has 0 saturated carbocycles. The Labute approximate surface area is 101 Å². The second kappa shape index (κ2) is 5.21. The molecule has 0 N–H and O–H groups in total. The second-order valence-electron chi connectivity index (χ2n) is 3.06. The summed E-state index contributed by atoms with van der Waals surface area (Å²) < 4.78 is 86.0. The van der Waals surface area contributed by atoms with Crippen LogP contribution in [0.1, 0.15) is 0 Å². The van der Waals surface area contributed by atoms with Gasteiger partial charge < -0.3 is 0 Å². The Bertz CT molecular complexity index is 414. The van der Waals surface area contributed by atoms with Gasteiger partial charge in [0.25, 0.3) is 0 Å². The number of hydrogen-bond acceptors (Lipinski definition) is 1. The first kappa shape index (κ1) is 14.9. The van der Waals surface area contributed by atoms with Gasteiger partial charge in [0.05, 0.1) is 0 Å². The van der Waals surface area contributed by atoms with Gasteiger partial charge in [0.1, 0.15) is 0 Å². The van der Waals surface area contributed by atoms with Crippen molar-refractivity contribution in [2.24, 2.45) is 0 Å². The minimum Gasteiger partial charge on any atom is -0.198 e. The van der Waals surface area contributed by atoms with Gasteiger partial charge in [-0.2, -0.15) is 30.7 Å². The number of alkyl halides is 6. The van der Waals surface area contributed by atoms with E-state index in [1.807, 2.05) is 0 Å². The van der Waals surface area contributed by atoms with Crippen LogP contribution in [0.15, 0.2) is 46.0 Å². The fourth-order valence-electron chi connectivity index (χ4n) is 1.03. The Morgan fingerprint density at radius 1 is 0.833 bits per heavy atom. The van der Waals surface area contributed by atoms with E-state index in [1.165, 1.54) is 30.3 Å². The van der Waals surface area contributed by atoms with Gasteiger partial charge in [-0.1, -0.05) is 30.0 Å². The molecule has 0 aliphatic carbocycles. The van der Waals surface area contributed by atoms with Crippen molar-refractivity contribution in [3.8, 4) is 0 Å². The van der Waals surface area contributed by atoms with Crippen molar-refractivity contribution in [2.75, 3.05) is 0 Å². The first-order valence-electron chi connectivity index (χ1n) is 4.39. The molecule has 1 aromatic rings. The highest BCUT2D eigenvalue weighted by atomic mass is 32.2. The van der Waals surface area contributed by atoms with Gasteiger partial charge in [-0.25, -0.2) is 0 Å². The maximum absolute atomic E-state index is 13.1. The zero-order valence-corrected chi connectivity index (χ0v) is 9.26. The van der Waals surface area contributed by atoms with Crippen molar-refractivity contribution >= 4 is 11.8 Å². The van der Waals surface area contributed by atoms with Gasteiger partial charge >= 0.3 is 12.4 Å². The molecule has 0 bridgehead atoms. The molecule has 1 rings (SSSR count). The Morgan fingerprint density at radius 3 is 1.67 bits per heavy atom. The molecule has 0 aliphatic rings. The fraction of sp³-hybridized carbons (Fsp3) is 0.200. The van der Waals surface area contributed by atoms with Crippen molar-refractivity contribution in [2.45, 2.75) is 17.2 Å². The molecule has 1 aromatic carbocycles. The molecule has 0 amide bonds. The standard InChI is InChI=1S/C10H5F7S/c11-8(18-6-4-2-1-3-5-6)7(9(12,13)14)10(15,16)17/h1-5H. The molecular weight excluding hydrogens is 285 g/mol. The molecule has 18 heavy (non-hydrogen) atoms. The van der Waals surface area contributed by atoms with Crippen LogP contribution in [0.2, 0.25) is 0 Å². The van der Waals surface area contributed by atoms with E-state index in [0.29, 0.717) is 0 Å². The molecule has 0 saturated heterocycles. The number of rotatable bonds is 2. The predicted molar refractivity (Wildman–Crippen MR) is 52.5 cm³/mol. The third-order valence-corrected chi connectivity index (χ3v) is 2.61. The molecule has 0 nitrogen and oxygen atoms in total. The third-order valence-electron chi connectivity index (χ3n) is 1.71. The molecular formula is C10H5F7S. The largest absolute Gasteiger partial charge is 0.424 e. The van der Waals surface area contributed by atoms with Gasteiger partial charge in [-0.15, -0.1) is 0 Å². The summed E-state index contributed by atoms with van der Waals surface area (Å²) in [5.41, 5.74) is -3.12. The molecule has 0 aromatic heterocycles. The molecule has 8 heteroatoms. The average molecular weight is 290 g/mol. The quantitative estimate of drug-likeness (QED) is 0.540. The first-order chi connectivity index (χ1) is 8.12. The molecule has 0 aliphatic heterocycles. The van der Waals surface area contributed by atoms with Crippen LogP contribution in [0.3, 0.4) is 0 Å². The van der Waals surface area contributed by atoms with Crippen molar-refractivity contribution in [3.05, 3.63) is 41.1 Å². The SMILES string of the molecule is FC(Sc1ccccc1)=C(C(F)(F)F)C(F)(F)F. The van der Waals surface area contributed by atoms with Gasteiger partial charge in [-0.3, -0.25) is 0 Å². The number of halogens is 7. The predicted octanol–water partition coefficient (Wildman–Crippen LogP) is 5.08. The zero-order chi connectivity index (χ0) is 14.0. The minimum absolute atomic E-state index is 0.0546. The number of allylic oxidation sites excluding steroid dienone is 1. The summed E-state index contributed by atoms with van der Waals surface area (Å²) in [5.74, 6) is 0. The van der Waals surface area contributed by atoms with Crippen LogP contribution in [-0.4, -0.2) is 12.4 Å². The molecule has 0 heterocycles. The van der Waals surface area contributed by atoms with Crippen molar-refractivity contribution in [1.82, 2.24) is 0 Å². The minimum atomic E-state index is -5.79. The lowest BCUT2D eigenvalue weighted by molar-refractivity contribution is -0.173. The molecule has 0 radical (unpaired) electrons. The van der Waals surface area contributed by atoms with Crippen LogP contribution < -0.4 is 0 Å². The van der Waals surface area contributed by atoms with Crippen LogP contribution in [0.25, 0.3) is 0 Å². The van der Waals surface area contributed by atoms with Crippen molar-refractivity contribution in [1.29, 1.82) is 0 Å². The summed E-state index contributed by atoms with van der Waals surface area (Å²) in [5, 5.41) is -2.32. The molecule has 0 spiro atoms. The second-order valence-corrected chi connectivity index (χ2v) is 4.09. The Balaban J connectivity index is 3.14. The van der Waals surface area contributed by atoms with E-state index < -0.39 is 23.1 Å². The van der Waals surface area contributed by atoms with Crippen molar-refractivity contribution < 1.29 is 30.7 Å². The van der Waals surface area contributed by atoms with Gasteiger partial charge in [0, 0.05) is 4.90 Å². The maximum Gasteiger partial charge on any atom is 0.424 e. The lowest BCUT2D eigenvalue weighted by atomic mass is 10.3. The van der Waals surface area contributed by atoms with Crippen LogP contribution in [0.4, 0.5) is 30.7 Å². The summed E-state index contributed by atoms with van der Waals surface area (Å²) in [6.45, 7) is 0. The van der Waals surface area contributed by atoms with Gasteiger partial charge in [-0.05, 0) is 12.1 Å².